The first kappa shape index (κ1) is 22.4. The minimum Gasteiger partial charge on any atom is -0.291 e. The van der Waals surface area contributed by atoms with Gasteiger partial charge in [-0.15, -0.1) is 5.10 Å². The maximum atomic E-state index is 13.6. The summed E-state index contributed by atoms with van der Waals surface area (Å²) >= 11 is 0. The van der Waals surface area contributed by atoms with Crippen molar-refractivity contribution in [1.29, 1.82) is 0 Å². The van der Waals surface area contributed by atoms with Crippen LogP contribution < -0.4 is 5.69 Å². The maximum Gasteiger partial charge on any atom is 0.335 e. The number of unbranched alkanes of at least 4 members (excludes halogenated alkanes) is 1. The number of nitrogens with one attached hydrogen (secondary N) is 1. The first-order valence-electron chi connectivity index (χ1n) is 11.7. The van der Waals surface area contributed by atoms with Crippen LogP contribution in [0.1, 0.15) is 37.9 Å². The quantitative estimate of drug-likeness (QED) is 0.351. The molecule has 0 bridgehead atoms. The van der Waals surface area contributed by atoms with E-state index in [0.29, 0.717) is 24.9 Å². The highest BCUT2D eigenvalue weighted by atomic mass is 16.2. The summed E-state index contributed by atoms with van der Waals surface area (Å²) in [6.45, 7) is 5.11. The number of aromatic amines is 1. The van der Waals surface area contributed by atoms with Crippen molar-refractivity contribution in [3.63, 3.8) is 0 Å². The number of aromatic nitrogens is 10. The summed E-state index contributed by atoms with van der Waals surface area (Å²) in [5.74, 6) is 1.10. The summed E-state index contributed by atoms with van der Waals surface area (Å²) in [7, 11) is 0. The minimum atomic E-state index is -0.152. The first-order valence-corrected chi connectivity index (χ1v) is 11.7. The van der Waals surface area contributed by atoms with Crippen LogP contribution in [0.25, 0.3) is 28.5 Å². The molecule has 0 amide bonds. The lowest BCUT2D eigenvalue weighted by atomic mass is 9.96. The Morgan fingerprint density at radius 3 is 2.69 bits per heavy atom. The normalized spacial score (nSPS) is 11.3. The highest BCUT2D eigenvalue weighted by Gasteiger charge is 2.19. The van der Waals surface area contributed by atoms with Crippen LogP contribution in [0.2, 0.25) is 0 Å². The molecule has 5 rings (SSSR count). The maximum absolute atomic E-state index is 13.6. The molecule has 0 saturated heterocycles. The average Bonchev–Trinajstić information content (AvgIpc) is 3.65. The largest absolute Gasteiger partial charge is 0.335 e. The molecule has 0 radical (unpaired) electrons. The van der Waals surface area contributed by atoms with Gasteiger partial charge in [-0.25, -0.2) is 19.1 Å². The highest BCUT2D eigenvalue weighted by Crippen LogP contribution is 2.32. The van der Waals surface area contributed by atoms with E-state index < -0.39 is 0 Å². The molecule has 0 aliphatic carbocycles. The highest BCUT2D eigenvalue weighted by molar-refractivity contribution is 5.81. The number of hydrogen-bond acceptors (Lipinski definition) is 7. The number of tetrazole rings is 1. The van der Waals surface area contributed by atoms with Crippen LogP contribution in [0.15, 0.2) is 60.0 Å². The Bertz CT molecular complexity index is 1480. The SMILES string of the molecule is CCCCc1cn(-c2ncnn2CC)c(=O)n1Cc1cnccc1-c1ccccc1-c1nnn[nH]1. The van der Waals surface area contributed by atoms with E-state index >= 15 is 0 Å². The number of benzene rings is 1. The summed E-state index contributed by atoms with van der Waals surface area (Å²) < 4.78 is 5.11. The van der Waals surface area contributed by atoms with Crippen molar-refractivity contribution in [2.24, 2.45) is 0 Å². The van der Waals surface area contributed by atoms with Crippen molar-refractivity contribution < 1.29 is 0 Å². The second kappa shape index (κ2) is 9.84. The van der Waals surface area contributed by atoms with Gasteiger partial charge in [0.15, 0.2) is 5.82 Å². The lowest BCUT2D eigenvalue weighted by Crippen LogP contribution is -2.26. The monoisotopic (exact) mass is 470 g/mol. The summed E-state index contributed by atoms with van der Waals surface area (Å²) in [6.07, 6.45) is 9.72. The molecule has 0 spiro atoms. The van der Waals surface area contributed by atoms with E-state index in [1.54, 1.807) is 15.4 Å². The van der Waals surface area contributed by atoms with Crippen LogP contribution in [0.4, 0.5) is 0 Å². The first-order chi connectivity index (χ1) is 17.2. The molecule has 5 aromatic rings. The summed E-state index contributed by atoms with van der Waals surface area (Å²) in [5.41, 5.74) is 4.51. The Morgan fingerprint density at radius 2 is 1.91 bits per heavy atom. The van der Waals surface area contributed by atoms with Gasteiger partial charge in [-0.05, 0) is 52.9 Å². The number of H-pyrrole nitrogens is 1. The van der Waals surface area contributed by atoms with Gasteiger partial charge in [0.2, 0.25) is 5.95 Å². The molecular formula is C24H26N10O. The molecule has 0 unspecified atom stereocenters. The van der Waals surface area contributed by atoms with Gasteiger partial charge < -0.3 is 0 Å². The van der Waals surface area contributed by atoms with Gasteiger partial charge in [0, 0.05) is 36.4 Å². The number of imidazole rings is 1. The van der Waals surface area contributed by atoms with E-state index in [4.69, 9.17) is 0 Å². The predicted octanol–water partition coefficient (Wildman–Crippen LogP) is 2.88. The van der Waals surface area contributed by atoms with E-state index in [2.05, 4.69) is 42.6 Å². The third kappa shape index (κ3) is 4.27. The smallest absolute Gasteiger partial charge is 0.291 e. The number of rotatable bonds is 9. The van der Waals surface area contributed by atoms with E-state index in [1.165, 1.54) is 6.33 Å². The lowest BCUT2D eigenvalue weighted by molar-refractivity contribution is 0.620. The molecule has 4 aromatic heterocycles. The molecule has 0 saturated carbocycles. The zero-order chi connectivity index (χ0) is 24.2. The average molecular weight is 471 g/mol. The second-order valence-corrected chi connectivity index (χ2v) is 8.17. The Morgan fingerprint density at radius 1 is 1.06 bits per heavy atom. The molecule has 11 heteroatoms. The molecule has 11 nitrogen and oxygen atoms in total. The molecule has 35 heavy (non-hydrogen) atoms. The van der Waals surface area contributed by atoms with E-state index in [-0.39, 0.29) is 5.69 Å². The van der Waals surface area contributed by atoms with E-state index in [1.807, 2.05) is 54.2 Å². The number of aryl methyl sites for hydroxylation is 2. The van der Waals surface area contributed by atoms with Crippen molar-refractivity contribution in [2.45, 2.75) is 46.2 Å². The molecule has 4 heterocycles. The van der Waals surface area contributed by atoms with Gasteiger partial charge in [-0.2, -0.15) is 10.1 Å². The summed E-state index contributed by atoms with van der Waals surface area (Å²) in [4.78, 5) is 22.3. The molecular weight excluding hydrogens is 444 g/mol. The number of nitrogens with zero attached hydrogens (tertiary/aromatic N) is 9. The van der Waals surface area contributed by atoms with Crippen molar-refractivity contribution in [3.8, 4) is 28.5 Å². The molecule has 178 valence electrons. The predicted molar refractivity (Wildman–Crippen MR) is 130 cm³/mol. The van der Waals surface area contributed by atoms with Crippen molar-refractivity contribution in [1.82, 2.24) is 49.5 Å². The van der Waals surface area contributed by atoms with Gasteiger partial charge in [-0.3, -0.25) is 9.55 Å². The van der Waals surface area contributed by atoms with Gasteiger partial charge in [0.05, 0.1) is 6.54 Å². The molecule has 1 N–H and O–H groups in total. The van der Waals surface area contributed by atoms with Crippen LogP contribution in [-0.2, 0) is 19.5 Å². The van der Waals surface area contributed by atoms with Crippen LogP contribution >= 0.6 is 0 Å². The van der Waals surface area contributed by atoms with Crippen molar-refractivity contribution >= 4 is 0 Å². The Labute approximate surface area is 201 Å². The Kier molecular flexibility index (Phi) is 6.29. The molecule has 0 atom stereocenters. The topological polar surface area (TPSA) is 125 Å². The van der Waals surface area contributed by atoms with Gasteiger partial charge in [0.25, 0.3) is 0 Å². The fourth-order valence-corrected chi connectivity index (χ4v) is 4.25. The number of hydrogen-bond donors (Lipinski definition) is 1. The molecule has 0 aliphatic rings. The summed E-state index contributed by atoms with van der Waals surface area (Å²) in [5, 5.41) is 18.6. The van der Waals surface area contributed by atoms with Gasteiger partial charge in [0.1, 0.15) is 6.33 Å². The standard InChI is InChI=1S/C24H26N10O/c1-3-5-8-18-15-33(23-26-16-27-34(23)4-2)24(35)32(18)14-17-13-25-12-11-19(17)20-9-6-7-10-21(20)22-28-30-31-29-22/h6-7,9-13,15-16H,3-5,8,14H2,1-2H3,(H,28,29,30,31). The molecule has 0 aliphatic heterocycles. The zero-order valence-corrected chi connectivity index (χ0v) is 19.7. The Balaban J connectivity index is 1.61. The van der Waals surface area contributed by atoms with E-state index in [9.17, 15) is 4.79 Å². The Hall–Kier alpha value is -4.41. The van der Waals surface area contributed by atoms with E-state index in [0.717, 1.165) is 47.2 Å². The third-order valence-corrected chi connectivity index (χ3v) is 6.01. The van der Waals surface area contributed by atoms with Crippen LogP contribution in [-0.4, -0.2) is 49.5 Å². The van der Waals surface area contributed by atoms with Crippen LogP contribution in [0, 0.1) is 0 Å². The molecule has 0 fully saturated rings. The van der Waals surface area contributed by atoms with Crippen LogP contribution in [0.3, 0.4) is 0 Å². The third-order valence-electron chi connectivity index (χ3n) is 6.01. The molecule has 1 aromatic carbocycles. The van der Waals surface area contributed by atoms with Gasteiger partial charge >= 0.3 is 5.69 Å². The number of pyridine rings is 1. The van der Waals surface area contributed by atoms with Crippen LogP contribution in [0.5, 0.6) is 0 Å². The second-order valence-electron chi connectivity index (χ2n) is 8.17. The summed E-state index contributed by atoms with van der Waals surface area (Å²) in [6, 6.07) is 9.86. The lowest BCUT2D eigenvalue weighted by Gasteiger charge is -2.14. The van der Waals surface area contributed by atoms with Crippen molar-refractivity contribution in [2.75, 3.05) is 0 Å². The van der Waals surface area contributed by atoms with Crippen molar-refractivity contribution in [3.05, 3.63) is 77.0 Å². The van der Waals surface area contributed by atoms with Gasteiger partial charge in [-0.1, -0.05) is 37.6 Å². The fraction of sp³-hybridized carbons (Fsp3) is 0.292. The zero-order valence-electron chi connectivity index (χ0n) is 19.7. The fourth-order valence-electron chi connectivity index (χ4n) is 4.25. The minimum absolute atomic E-state index is 0.152.